The number of amides is 2. The highest BCUT2D eigenvalue weighted by molar-refractivity contribution is 5.83. The van der Waals surface area contributed by atoms with E-state index in [2.05, 4.69) is 15.8 Å². The highest BCUT2D eigenvalue weighted by Crippen LogP contribution is 2.16. The first-order valence-corrected chi connectivity index (χ1v) is 8.56. The van der Waals surface area contributed by atoms with Crippen LogP contribution in [0.3, 0.4) is 0 Å². The van der Waals surface area contributed by atoms with Gasteiger partial charge in [-0.15, -0.1) is 0 Å². The van der Waals surface area contributed by atoms with Gasteiger partial charge in [0.05, 0.1) is 32.4 Å². The largest absolute Gasteiger partial charge is 0.497 e. The monoisotopic (exact) mass is 369 g/mol. The van der Waals surface area contributed by atoms with Crippen molar-refractivity contribution in [1.82, 2.24) is 10.7 Å². The zero-order chi connectivity index (χ0) is 19.5. The summed E-state index contributed by atoms with van der Waals surface area (Å²) in [5.74, 6) is 0.414. The van der Waals surface area contributed by atoms with Crippen LogP contribution in [-0.2, 0) is 9.53 Å². The van der Waals surface area contributed by atoms with Crippen molar-refractivity contribution in [3.05, 3.63) is 65.7 Å². The van der Waals surface area contributed by atoms with Crippen molar-refractivity contribution in [2.24, 2.45) is 5.10 Å². The van der Waals surface area contributed by atoms with Gasteiger partial charge in [0.25, 0.3) is 0 Å². The fourth-order valence-corrected chi connectivity index (χ4v) is 2.35. The molecule has 0 aliphatic heterocycles. The number of ether oxygens (including phenoxy) is 2. The molecule has 2 aromatic carbocycles. The predicted molar refractivity (Wildman–Crippen MR) is 103 cm³/mol. The van der Waals surface area contributed by atoms with Gasteiger partial charge in [-0.3, -0.25) is 4.79 Å². The molecule has 0 bridgehead atoms. The molecular formula is C20H23N3O4. The average Bonchev–Trinajstić information content (AvgIpc) is 2.69. The van der Waals surface area contributed by atoms with Crippen LogP contribution in [0.1, 0.15) is 30.5 Å². The number of hydrogen-bond acceptors (Lipinski definition) is 5. The molecule has 7 heteroatoms. The van der Waals surface area contributed by atoms with Crippen LogP contribution in [0.15, 0.2) is 59.7 Å². The third-order valence-corrected chi connectivity index (χ3v) is 3.68. The summed E-state index contributed by atoms with van der Waals surface area (Å²) in [6.07, 6.45) is 0.997. The molecule has 142 valence electrons. The van der Waals surface area contributed by atoms with Crippen LogP contribution in [0.2, 0.25) is 0 Å². The number of nitrogens with zero attached hydrogens (tertiary/aromatic N) is 1. The summed E-state index contributed by atoms with van der Waals surface area (Å²) in [5.41, 5.74) is 4.10. The molecule has 0 spiro atoms. The second kappa shape index (κ2) is 10.6. The molecule has 7 nitrogen and oxygen atoms in total. The molecule has 0 aromatic heterocycles. The molecule has 2 aromatic rings. The fourth-order valence-electron chi connectivity index (χ4n) is 2.35. The number of nitrogens with one attached hydrogen (secondary N) is 2. The summed E-state index contributed by atoms with van der Waals surface area (Å²) in [6.45, 7) is 1.98. The zero-order valence-corrected chi connectivity index (χ0v) is 15.3. The molecule has 0 aliphatic carbocycles. The Morgan fingerprint density at radius 1 is 1.11 bits per heavy atom. The number of alkyl carbamates (subject to hydrolysis) is 1. The van der Waals surface area contributed by atoms with Gasteiger partial charge in [0, 0.05) is 0 Å². The number of methoxy groups -OCH3 is 1. The standard InChI is InChI=1S/C20H23N3O4/c1-3-27-20(25)22-18(16-7-5-4-6-8-16)13-19(24)23-21-14-15-9-11-17(26-2)12-10-15/h4-12,14,18H,3,13H2,1-2H3,(H,22,25)(H,23,24)/b21-14-/t18-/m1/s1. The lowest BCUT2D eigenvalue weighted by Gasteiger charge is -2.18. The highest BCUT2D eigenvalue weighted by atomic mass is 16.5. The molecule has 0 radical (unpaired) electrons. The van der Waals surface area contributed by atoms with E-state index < -0.39 is 12.1 Å². The van der Waals surface area contributed by atoms with E-state index in [0.717, 1.165) is 16.9 Å². The Labute approximate surface area is 158 Å². The highest BCUT2D eigenvalue weighted by Gasteiger charge is 2.18. The van der Waals surface area contributed by atoms with Crippen molar-refractivity contribution in [2.45, 2.75) is 19.4 Å². The molecule has 27 heavy (non-hydrogen) atoms. The Balaban J connectivity index is 1.95. The lowest BCUT2D eigenvalue weighted by molar-refractivity contribution is -0.121. The van der Waals surface area contributed by atoms with E-state index in [1.807, 2.05) is 42.5 Å². The maximum atomic E-state index is 12.2. The Morgan fingerprint density at radius 3 is 2.44 bits per heavy atom. The van der Waals surface area contributed by atoms with Gasteiger partial charge >= 0.3 is 6.09 Å². The summed E-state index contributed by atoms with van der Waals surface area (Å²) in [7, 11) is 1.59. The van der Waals surface area contributed by atoms with E-state index in [1.54, 1.807) is 26.2 Å². The van der Waals surface area contributed by atoms with Crippen LogP contribution >= 0.6 is 0 Å². The van der Waals surface area contributed by atoms with Crippen LogP contribution in [0.25, 0.3) is 0 Å². The molecule has 0 unspecified atom stereocenters. The number of hydrazone groups is 1. The number of carbonyl (C=O) groups is 2. The molecule has 2 rings (SSSR count). The van der Waals surface area contributed by atoms with Gasteiger partial charge in [0.15, 0.2) is 0 Å². The summed E-state index contributed by atoms with van der Waals surface area (Å²) in [6, 6.07) is 16.0. The van der Waals surface area contributed by atoms with Gasteiger partial charge in [-0.1, -0.05) is 30.3 Å². The second-order valence-corrected chi connectivity index (χ2v) is 5.60. The minimum Gasteiger partial charge on any atom is -0.497 e. The lowest BCUT2D eigenvalue weighted by Crippen LogP contribution is -2.33. The number of benzene rings is 2. The SMILES string of the molecule is CCOC(=O)N[C@H](CC(=O)N/N=C\c1ccc(OC)cc1)c1ccccc1. The normalized spacial score (nSPS) is 11.6. The number of hydrogen-bond donors (Lipinski definition) is 2. The summed E-state index contributed by atoms with van der Waals surface area (Å²) < 4.78 is 10.00. The van der Waals surface area contributed by atoms with E-state index in [-0.39, 0.29) is 18.9 Å². The Morgan fingerprint density at radius 2 is 1.81 bits per heavy atom. The molecule has 0 heterocycles. The van der Waals surface area contributed by atoms with Gasteiger partial charge in [-0.2, -0.15) is 5.10 Å². The molecule has 0 saturated carbocycles. The molecule has 2 amide bonds. The van der Waals surface area contributed by atoms with Gasteiger partial charge in [-0.05, 0) is 42.3 Å². The zero-order valence-electron chi connectivity index (χ0n) is 15.3. The van der Waals surface area contributed by atoms with E-state index in [4.69, 9.17) is 9.47 Å². The topological polar surface area (TPSA) is 89.0 Å². The molecule has 0 aliphatic rings. The first kappa shape index (κ1) is 20.0. The minimum absolute atomic E-state index is 0.0305. The Bertz CT molecular complexity index is 761. The molecule has 1 atom stereocenters. The van der Waals surface area contributed by atoms with Crippen LogP contribution in [-0.4, -0.2) is 31.9 Å². The summed E-state index contributed by atoms with van der Waals surface area (Å²) in [5, 5.41) is 6.65. The molecular weight excluding hydrogens is 346 g/mol. The van der Waals surface area contributed by atoms with Crippen molar-refractivity contribution in [3.63, 3.8) is 0 Å². The first-order chi connectivity index (χ1) is 13.1. The number of carbonyl (C=O) groups excluding carboxylic acids is 2. The van der Waals surface area contributed by atoms with E-state index >= 15 is 0 Å². The molecule has 0 fully saturated rings. The summed E-state index contributed by atoms with van der Waals surface area (Å²) in [4.78, 5) is 24.0. The van der Waals surface area contributed by atoms with Crippen LogP contribution in [0.4, 0.5) is 4.79 Å². The van der Waals surface area contributed by atoms with E-state index in [9.17, 15) is 9.59 Å². The fraction of sp³-hybridized carbons (Fsp3) is 0.250. The first-order valence-electron chi connectivity index (χ1n) is 8.56. The van der Waals surface area contributed by atoms with Crippen LogP contribution in [0.5, 0.6) is 5.75 Å². The predicted octanol–water partition coefficient (Wildman–Crippen LogP) is 3.02. The molecule has 0 saturated heterocycles. The quantitative estimate of drug-likeness (QED) is 0.553. The number of rotatable bonds is 8. The van der Waals surface area contributed by atoms with Gasteiger partial charge in [-0.25, -0.2) is 10.2 Å². The maximum absolute atomic E-state index is 12.2. The smallest absolute Gasteiger partial charge is 0.407 e. The second-order valence-electron chi connectivity index (χ2n) is 5.60. The van der Waals surface area contributed by atoms with E-state index in [1.165, 1.54) is 6.21 Å². The third-order valence-electron chi connectivity index (χ3n) is 3.68. The average molecular weight is 369 g/mol. The van der Waals surface area contributed by atoms with Crippen molar-refractivity contribution < 1.29 is 19.1 Å². The van der Waals surface area contributed by atoms with Gasteiger partial charge < -0.3 is 14.8 Å². The lowest BCUT2D eigenvalue weighted by atomic mass is 10.0. The summed E-state index contributed by atoms with van der Waals surface area (Å²) >= 11 is 0. The van der Waals surface area contributed by atoms with Crippen LogP contribution < -0.4 is 15.5 Å². The van der Waals surface area contributed by atoms with Gasteiger partial charge in [0.2, 0.25) is 5.91 Å². The maximum Gasteiger partial charge on any atom is 0.407 e. The Hall–Kier alpha value is -3.35. The Kier molecular flexibility index (Phi) is 7.84. The third kappa shape index (κ3) is 6.81. The molecule has 2 N–H and O–H groups in total. The van der Waals surface area contributed by atoms with E-state index in [0.29, 0.717) is 0 Å². The van der Waals surface area contributed by atoms with Crippen molar-refractivity contribution in [3.8, 4) is 5.75 Å². The van der Waals surface area contributed by atoms with Crippen molar-refractivity contribution in [2.75, 3.05) is 13.7 Å². The van der Waals surface area contributed by atoms with Crippen molar-refractivity contribution in [1.29, 1.82) is 0 Å². The van der Waals surface area contributed by atoms with Crippen molar-refractivity contribution >= 4 is 18.2 Å². The van der Waals surface area contributed by atoms with Crippen LogP contribution in [0, 0.1) is 0 Å². The van der Waals surface area contributed by atoms with Gasteiger partial charge in [0.1, 0.15) is 5.75 Å². The minimum atomic E-state index is -0.569.